The topological polar surface area (TPSA) is 27.1 Å². The van der Waals surface area contributed by atoms with Gasteiger partial charge < -0.3 is 0 Å². The van der Waals surface area contributed by atoms with Crippen molar-refractivity contribution in [3.05, 3.63) is 12.2 Å². The maximum absolute atomic E-state index is 7.44. The van der Waals surface area contributed by atoms with Gasteiger partial charge in [0.2, 0.25) is 0 Å². The van der Waals surface area contributed by atoms with Crippen molar-refractivity contribution >= 4 is 31.5 Å². The number of nitrogens with one attached hydrogen (secondary N) is 1. The third-order valence-electron chi connectivity index (χ3n) is 1.74. The van der Waals surface area contributed by atoms with E-state index in [0.29, 0.717) is 0 Å². The van der Waals surface area contributed by atoms with Crippen LogP contribution in [0.15, 0.2) is 12.2 Å². The molecule has 3 radical (unpaired) electrons. The van der Waals surface area contributed by atoms with Gasteiger partial charge in [0.25, 0.3) is 0 Å². The molecule has 0 amide bonds. The molecule has 53 valence electrons. The van der Waals surface area contributed by atoms with Gasteiger partial charge in [-0.15, -0.1) is 0 Å². The molecule has 0 unspecified atom stereocenters. The fraction of sp³-hybridized carbons (Fsp3) is 0.571. The molecule has 3 heteroatoms. The summed E-state index contributed by atoms with van der Waals surface area (Å²) in [5.74, 6) is 0. The molecule has 0 bridgehead atoms. The van der Waals surface area contributed by atoms with Crippen LogP contribution in [0.25, 0.3) is 0 Å². The zero-order valence-electron chi connectivity index (χ0n) is 5.98. The zero-order valence-corrected chi connectivity index (χ0v) is 9.87. The molecule has 1 saturated heterocycles. The first-order valence-corrected chi connectivity index (χ1v) is 6.11. The van der Waals surface area contributed by atoms with Crippen LogP contribution in [0.2, 0.25) is 0 Å². The first-order valence-electron chi connectivity index (χ1n) is 3.36. The van der Waals surface area contributed by atoms with Crippen LogP contribution in [-0.4, -0.2) is 53.6 Å². The molecule has 1 N–H and O–H groups in total. The fourth-order valence-corrected chi connectivity index (χ4v) is 2.08. The average molecular weight is 330 g/mol. The van der Waals surface area contributed by atoms with Crippen LogP contribution in [0.1, 0.15) is 6.42 Å². The summed E-state index contributed by atoms with van der Waals surface area (Å²) >= 11 is 1.23. The van der Waals surface area contributed by atoms with Crippen molar-refractivity contribution in [3.8, 4) is 0 Å². The Hall–Kier alpha value is 0.292. The van der Waals surface area contributed by atoms with Crippen molar-refractivity contribution in [2.45, 2.75) is 6.42 Å². The molecule has 0 atom stereocenters. The Bertz CT molecular complexity index is 165. The van der Waals surface area contributed by atoms with E-state index < -0.39 is 0 Å². The van der Waals surface area contributed by atoms with E-state index in [2.05, 4.69) is 11.5 Å². The summed E-state index contributed by atoms with van der Waals surface area (Å²) in [6, 6.07) is 0. The van der Waals surface area contributed by atoms with E-state index in [1.54, 1.807) is 0 Å². The normalized spacial score (nSPS) is 21.7. The van der Waals surface area contributed by atoms with Gasteiger partial charge in [-0.2, -0.15) is 0 Å². The van der Waals surface area contributed by atoms with Gasteiger partial charge in [-0.3, -0.25) is 0 Å². The molecule has 0 aliphatic carbocycles. The van der Waals surface area contributed by atoms with Crippen LogP contribution in [0.5, 0.6) is 0 Å². The molecule has 0 aromatic heterocycles. The van der Waals surface area contributed by atoms with Gasteiger partial charge >= 0.3 is 77.6 Å². The number of likely N-dealkylation sites (tertiary alicyclic amines) is 1. The quantitative estimate of drug-likeness (QED) is 0.692. The summed E-state index contributed by atoms with van der Waals surface area (Å²) in [5, 5.41) is 7.44. The molecule has 0 saturated carbocycles. The van der Waals surface area contributed by atoms with Gasteiger partial charge in [0.1, 0.15) is 0 Å². The van der Waals surface area contributed by atoms with Crippen molar-refractivity contribution in [1.29, 1.82) is 5.41 Å². The molecule has 1 fully saturated rings. The summed E-state index contributed by atoms with van der Waals surface area (Å²) in [7, 11) is 0. The minimum absolute atomic E-state index is 0.756. The maximum atomic E-state index is 7.44. The summed E-state index contributed by atoms with van der Waals surface area (Å²) in [4.78, 5) is 2.37. The van der Waals surface area contributed by atoms with Gasteiger partial charge in [0, 0.05) is 0 Å². The van der Waals surface area contributed by atoms with E-state index in [-0.39, 0.29) is 0 Å². The molecule has 1 rings (SSSR count). The SMILES string of the molecule is C=C1CN([CH2][Pb])CCC1=N. The third kappa shape index (κ3) is 1.89. The van der Waals surface area contributed by atoms with Crippen LogP contribution in [-0.2, 0) is 0 Å². The number of nitrogens with zero attached hydrogens (tertiary/aromatic N) is 1. The fourth-order valence-electron chi connectivity index (χ4n) is 1.03. The molecule has 0 aromatic carbocycles. The first kappa shape index (κ1) is 8.39. The summed E-state index contributed by atoms with van der Waals surface area (Å²) in [6.07, 6.45) is 0.904. The Balaban J connectivity index is 2.48. The molecule has 1 heterocycles. The van der Waals surface area contributed by atoms with Gasteiger partial charge in [-0.25, -0.2) is 0 Å². The molecule has 0 spiro atoms. The minimum atomic E-state index is 0.756. The van der Waals surface area contributed by atoms with Crippen molar-refractivity contribution in [1.82, 2.24) is 4.90 Å². The van der Waals surface area contributed by atoms with Gasteiger partial charge in [-0.1, -0.05) is 0 Å². The summed E-state index contributed by atoms with van der Waals surface area (Å²) in [5.41, 5.74) is 1.77. The number of hydrogen-bond donors (Lipinski definition) is 1. The van der Waals surface area contributed by atoms with E-state index in [1.165, 1.54) is 29.9 Å². The number of hydrogen-bond acceptors (Lipinski definition) is 2. The van der Waals surface area contributed by atoms with Gasteiger partial charge in [0.05, 0.1) is 0 Å². The summed E-state index contributed by atoms with van der Waals surface area (Å²) < 4.78 is 1.21. The van der Waals surface area contributed by atoms with Crippen molar-refractivity contribution in [2.75, 3.05) is 17.2 Å². The van der Waals surface area contributed by atoms with Crippen LogP contribution in [0.4, 0.5) is 0 Å². The van der Waals surface area contributed by atoms with E-state index >= 15 is 0 Å². The first-order chi connectivity index (χ1) is 4.74. The van der Waals surface area contributed by atoms with Crippen molar-refractivity contribution in [2.24, 2.45) is 0 Å². The third-order valence-corrected chi connectivity index (χ3v) is 3.48. The standard InChI is InChI=1S/C7H11N2.Pb/c1-6-5-9(2)4-3-7(6)8;/h8H,1-5H2;. The predicted octanol–water partition coefficient (Wildman–Crippen LogP) is 0.394. The zero-order chi connectivity index (χ0) is 7.56. The predicted molar refractivity (Wildman–Crippen MR) is 43.7 cm³/mol. The van der Waals surface area contributed by atoms with E-state index in [1.807, 2.05) is 0 Å². The number of rotatable bonds is 1. The number of piperidine rings is 1. The molecule has 1 aliphatic rings. The second-order valence-corrected chi connectivity index (χ2v) is 3.77. The Morgan fingerprint density at radius 1 is 1.70 bits per heavy atom. The Kier molecular flexibility index (Phi) is 3.03. The van der Waals surface area contributed by atoms with Gasteiger partial charge in [-0.05, 0) is 0 Å². The molecule has 2 nitrogen and oxygen atoms in total. The van der Waals surface area contributed by atoms with Crippen LogP contribution < -0.4 is 0 Å². The Labute approximate surface area is 77.5 Å². The average Bonchev–Trinajstić information content (AvgIpc) is 1.95. The summed E-state index contributed by atoms with van der Waals surface area (Å²) in [6.45, 7) is 5.85. The molecule has 0 aromatic rings. The Morgan fingerprint density at radius 2 is 2.40 bits per heavy atom. The monoisotopic (exact) mass is 331 g/mol. The molecular formula is C7H11N2Pb. The van der Waals surface area contributed by atoms with Crippen molar-refractivity contribution in [3.63, 3.8) is 0 Å². The van der Waals surface area contributed by atoms with E-state index in [9.17, 15) is 0 Å². The van der Waals surface area contributed by atoms with Gasteiger partial charge in [0.15, 0.2) is 0 Å². The van der Waals surface area contributed by atoms with Crippen molar-refractivity contribution < 1.29 is 0 Å². The molecular weight excluding hydrogens is 319 g/mol. The van der Waals surface area contributed by atoms with E-state index in [0.717, 1.165) is 30.8 Å². The van der Waals surface area contributed by atoms with Crippen LogP contribution in [0, 0.1) is 5.41 Å². The molecule has 1 aliphatic heterocycles. The van der Waals surface area contributed by atoms with E-state index in [4.69, 9.17) is 5.41 Å². The molecule has 10 heavy (non-hydrogen) atoms. The van der Waals surface area contributed by atoms with Crippen LogP contribution in [0.3, 0.4) is 0 Å². The second kappa shape index (κ2) is 3.62. The van der Waals surface area contributed by atoms with Crippen LogP contribution >= 0.6 is 0 Å². The second-order valence-electron chi connectivity index (χ2n) is 2.54. The Morgan fingerprint density at radius 3 is 2.90 bits per heavy atom.